The molecule has 0 N–H and O–H groups in total. The van der Waals surface area contributed by atoms with E-state index in [1.165, 1.54) is 0 Å². The van der Waals surface area contributed by atoms with Crippen LogP contribution in [0, 0.1) is 0 Å². The second kappa shape index (κ2) is 5.49. The van der Waals surface area contributed by atoms with Crippen molar-refractivity contribution in [1.82, 2.24) is 0 Å². The van der Waals surface area contributed by atoms with E-state index in [4.69, 9.17) is 44.8 Å². The second-order valence-electron chi connectivity index (χ2n) is 4.34. The zero-order valence-electron chi connectivity index (χ0n) is 9.18. The molecular formula is C11H14Cl4Si. The van der Waals surface area contributed by atoms with E-state index in [2.05, 4.69) is 13.8 Å². The SMILES string of the molecule is CC(C)(c1ccccc1)C(CCl)[Si](Cl)(Cl)Cl. The first-order valence-corrected chi connectivity index (χ1v) is 10.6. The number of hydrogen-bond donors (Lipinski definition) is 0. The van der Waals surface area contributed by atoms with Crippen molar-refractivity contribution in [3.63, 3.8) is 0 Å². The van der Waals surface area contributed by atoms with Crippen LogP contribution in [0.15, 0.2) is 30.3 Å². The summed E-state index contributed by atoms with van der Waals surface area (Å²) in [6.07, 6.45) is 0. The summed E-state index contributed by atoms with van der Waals surface area (Å²) < 4.78 is 0. The van der Waals surface area contributed by atoms with Crippen LogP contribution < -0.4 is 0 Å². The van der Waals surface area contributed by atoms with Crippen LogP contribution in [0.25, 0.3) is 0 Å². The third-order valence-electron chi connectivity index (χ3n) is 2.94. The Labute approximate surface area is 117 Å². The summed E-state index contributed by atoms with van der Waals surface area (Å²) in [4.78, 5) is 0. The van der Waals surface area contributed by atoms with Gasteiger partial charge in [-0.25, -0.2) is 0 Å². The van der Waals surface area contributed by atoms with Crippen molar-refractivity contribution < 1.29 is 0 Å². The van der Waals surface area contributed by atoms with E-state index in [9.17, 15) is 0 Å². The largest absolute Gasteiger partial charge is 0.346 e. The van der Waals surface area contributed by atoms with Crippen LogP contribution in [-0.4, -0.2) is 11.9 Å². The summed E-state index contributed by atoms with van der Waals surface area (Å²) in [6.45, 7) is 4.15. The number of rotatable bonds is 4. The molecule has 16 heavy (non-hydrogen) atoms. The number of hydrogen-bond acceptors (Lipinski definition) is 0. The molecule has 1 atom stereocenters. The molecule has 0 bridgehead atoms. The molecule has 0 saturated heterocycles. The van der Waals surface area contributed by atoms with Crippen LogP contribution in [-0.2, 0) is 5.41 Å². The van der Waals surface area contributed by atoms with Crippen LogP contribution in [0.3, 0.4) is 0 Å². The van der Waals surface area contributed by atoms with Gasteiger partial charge >= 0.3 is 6.00 Å². The Balaban J connectivity index is 3.09. The maximum absolute atomic E-state index is 6.12. The average Bonchev–Trinajstić information content (AvgIpc) is 2.17. The Kier molecular flexibility index (Phi) is 5.03. The van der Waals surface area contributed by atoms with Gasteiger partial charge in [-0.2, -0.15) is 0 Å². The molecule has 0 amide bonds. The number of alkyl halides is 1. The molecule has 0 fully saturated rings. The standard InChI is InChI=1S/C11H14Cl4Si/c1-11(2,9-6-4-3-5-7-9)10(8-12)16(13,14)15/h3-7,10H,8H2,1-2H3. The molecule has 0 spiro atoms. The Morgan fingerprint density at radius 3 is 2.00 bits per heavy atom. The highest BCUT2D eigenvalue weighted by Crippen LogP contribution is 2.48. The zero-order valence-corrected chi connectivity index (χ0v) is 13.2. The van der Waals surface area contributed by atoms with Crippen LogP contribution in [0.1, 0.15) is 19.4 Å². The molecule has 0 aromatic heterocycles. The second-order valence-corrected chi connectivity index (χ2v) is 13.5. The van der Waals surface area contributed by atoms with Crippen LogP contribution >= 0.6 is 44.8 Å². The maximum Gasteiger partial charge on any atom is 0.346 e. The molecule has 0 aliphatic heterocycles. The Morgan fingerprint density at radius 2 is 1.62 bits per heavy atom. The third-order valence-corrected chi connectivity index (χ3v) is 7.59. The van der Waals surface area contributed by atoms with Crippen molar-refractivity contribution in [3.8, 4) is 0 Å². The highest BCUT2D eigenvalue weighted by atomic mass is 35.8. The number of halogens is 4. The molecule has 5 heteroatoms. The summed E-state index contributed by atoms with van der Waals surface area (Å²) in [7, 11) is 0. The summed E-state index contributed by atoms with van der Waals surface area (Å²) in [5.41, 5.74) is 0.828. The minimum atomic E-state index is -2.82. The molecule has 0 radical (unpaired) electrons. The van der Waals surface area contributed by atoms with Gasteiger partial charge in [-0.1, -0.05) is 44.2 Å². The first-order chi connectivity index (χ1) is 7.30. The molecule has 0 aliphatic carbocycles. The van der Waals surface area contributed by atoms with E-state index < -0.39 is 6.00 Å². The fourth-order valence-electron chi connectivity index (χ4n) is 1.76. The van der Waals surface area contributed by atoms with Crippen molar-refractivity contribution >= 4 is 50.8 Å². The minimum absolute atomic E-state index is 0.103. The van der Waals surface area contributed by atoms with E-state index >= 15 is 0 Å². The third kappa shape index (κ3) is 3.30. The van der Waals surface area contributed by atoms with Gasteiger partial charge in [0.1, 0.15) is 0 Å². The van der Waals surface area contributed by atoms with Gasteiger partial charge in [0.05, 0.1) is 0 Å². The van der Waals surface area contributed by atoms with Gasteiger partial charge in [-0.15, -0.1) is 44.8 Å². The van der Waals surface area contributed by atoms with E-state index in [1.54, 1.807) is 0 Å². The van der Waals surface area contributed by atoms with Gasteiger partial charge in [0.2, 0.25) is 0 Å². The Morgan fingerprint density at radius 1 is 1.12 bits per heavy atom. The predicted molar refractivity (Wildman–Crippen MR) is 77.3 cm³/mol. The molecule has 1 aromatic carbocycles. The van der Waals surface area contributed by atoms with Crippen molar-refractivity contribution in [3.05, 3.63) is 35.9 Å². The topological polar surface area (TPSA) is 0 Å². The highest BCUT2D eigenvalue weighted by molar-refractivity contribution is 7.65. The Hall–Kier alpha value is 0.597. The van der Waals surface area contributed by atoms with E-state index in [0.717, 1.165) is 5.56 Å². The predicted octanol–water partition coefficient (Wildman–Crippen LogP) is 5.23. The fourth-order valence-corrected chi connectivity index (χ4v) is 7.86. The monoisotopic (exact) mass is 314 g/mol. The van der Waals surface area contributed by atoms with E-state index in [0.29, 0.717) is 5.88 Å². The van der Waals surface area contributed by atoms with Crippen LogP contribution in [0.4, 0.5) is 0 Å². The van der Waals surface area contributed by atoms with E-state index in [1.807, 2.05) is 30.3 Å². The van der Waals surface area contributed by atoms with Crippen LogP contribution in [0.5, 0.6) is 0 Å². The normalized spacial score (nSPS) is 14.9. The summed E-state index contributed by atoms with van der Waals surface area (Å²) in [6, 6.07) is 7.22. The van der Waals surface area contributed by atoms with E-state index in [-0.39, 0.29) is 11.0 Å². The lowest BCUT2D eigenvalue weighted by molar-refractivity contribution is 0.505. The van der Waals surface area contributed by atoms with Gasteiger partial charge in [0.25, 0.3) is 0 Å². The van der Waals surface area contributed by atoms with Crippen molar-refractivity contribution in [2.75, 3.05) is 5.88 Å². The molecule has 90 valence electrons. The quantitative estimate of drug-likeness (QED) is 0.405. The van der Waals surface area contributed by atoms with Crippen molar-refractivity contribution in [2.24, 2.45) is 0 Å². The fraction of sp³-hybridized carbons (Fsp3) is 0.455. The molecule has 1 unspecified atom stereocenters. The van der Waals surface area contributed by atoms with Gasteiger partial charge in [-0.05, 0) is 11.0 Å². The molecular weight excluding hydrogens is 302 g/mol. The minimum Gasteiger partial charge on any atom is -0.127 e. The molecule has 0 heterocycles. The Bertz CT molecular complexity index is 332. The first-order valence-electron chi connectivity index (χ1n) is 4.98. The first kappa shape index (κ1) is 14.7. The zero-order chi connectivity index (χ0) is 12.4. The smallest absolute Gasteiger partial charge is 0.127 e. The van der Waals surface area contributed by atoms with Crippen molar-refractivity contribution in [1.29, 1.82) is 0 Å². The lowest BCUT2D eigenvalue weighted by Gasteiger charge is -2.36. The van der Waals surface area contributed by atoms with Gasteiger partial charge in [-0.3, -0.25) is 0 Å². The molecule has 1 aromatic rings. The van der Waals surface area contributed by atoms with Crippen LogP contribution in [0.2, 0.25) is 5.54 Å². The lowest BCUT2D eigenvalue weighted by atomic mass is 9.82. The van der Waals surface area contributed by atoms with Gasteiger partial charge < -0.3 is 0 Å². The highest BCUT2D eigenvalue weighted by Gasteiger charge is 2.46. The summed E-state index contributed by atoms with van der Waals surface area (Å²) in [5, 5.41) is 0. The molecule has 0 nitrogen and oxygen atoms in total. The average molecular weight is 316 g/mol. The molecule has 0 saturated carbocycles. The summed E-state index contributed by atoms with van der Waals surface area (Å²) in [5.74, 6) is 0.366. The summed E-state index contributed by atoms with van der Waals surface area (Å²) >= 11 is 24.3. The lowest BCUT2D eigenvalue weighted by Crippen LogP contribution is -2.37. The van der Waals surface area contributed by atoms with Gasteiger partial charge in [0, 0.05) is 11.4 Å². The van der Waals surface area contributed by atoms with Crippen molar-refractivity contribution in [2.45, 2.75) is 24.8 Å². The molecule has 0 aliphatic rings. The molecule has 1 rings (SSSR count). The van der Waals surface area contributed by atoms with Gasteiger partial charge in [0.15, 0.2) is 0 Å². The maximum atomic E-state index is 6.12. The number of benzene rings is 1.